The summed E-state index contributed by atoms with van der Waals surface area (Å²) in [5, 5.41) is 5.88. The van der Waals surface area contributed by atoms with Gasteiger partial charge in [0.2, 0.25) is 0 Å². The maximum Gasteiger partial charge on any atom is 0.135 e. The molecule has 0 aliphatic carbocycles. The number of benzene rings is 5. The molecule has 0 radical (unpaired) electrons. The second-order valence-electron chi connectivity index (χ2n) is 7.97. The average Bonchev–Trinajstić information content (AvgIpc) is 3.23. The predicted molar refractivity (Wildman–Crippen MR) is 134 cm³/mol. The maximum atomic E-state index is 5.98. The van der Waals surface area contributed by atoms with Crippen LogP contribution in [0.25, 0.3) is 44.2 Å². The Balaban J connectivity index is 1.45. The van der Waals surface area contributed by atoms with Crippen molar-refractivity contribution in [1.82, 2.24) is 0 Å². The summed E-state index contributed by atoms with van der Waals surface area (Å²) in [4.78, 5) is 0. The molecule has 1 N–H and O–H groups in total. The van der Waals surface area contributed by atoms with Crippen LogP contribution in [0.15, 0.2) is 126 Å². The quantitative estimate of drug-likeness (QED) is 0.314. The molecule has 2 heteroatoms. The number of anilines is 2. The van der Waals surface area contributed by atoms with E-state index in [1.165, 1.54) is 22.3 Å². The fraction of sp³-hybridized carbons (Fsp3) is 0. The summed E-state index contributed by atoms with van der Waals surface area (Å²) >= 11 is 0. The lowest BCUT2D eigenvalue weighted by Gasteiger charge is -2.13. The zero-order valence-electron chi connectivity index (χ0n) is 17.5. The first kappa shape index (κ1) is 18.5. The van der Waals surface area contributed by atoms with Crippen molar-refractivity contribution in [3.8, 4) is 22.3 Å². The minimum Gasteiger partial charge on any atom is -0.456 e. The van der Waals surface area contributed by atoms with Crippen molar-refractivity contribution < 1.29 is 4.42 Å². The van der Waals surface area contributed by atoms with Gasteiger partial charge < -0.3 is 9.73 Å². The van der Waals surface area contributed by atoms with Crippen molar-refractivity contribution in [3.63, 3.8) is 0 Å². The molecule has 0 bridgehead atoms. The number of fused-ring (bicyclic) bond motifs is 3. The summed E-state index contributed by atoms with van der Waals surface area (Å²) < 4.78 is 5.98. The Kier molecular flexibility index (Phi) is 4.47. The molecule has 5 aromatic carbocycles. The fourth-order valence-corrected chi connectivity index (χ4v) is 4.26. The van der Waals surface area contributed by atoms with Crippen LogP contribution in [0.5, 0.6) is 0 Å². The molecule has 2 nitrogen and oxygen atoms in total. The highest BCUT2D eigenvalue weighted by Gasteiger charge is 2.09. The van der Waals surface area contributed by atoms with Crippen LogP contribution in [0, 0.1) is 0 Å². The van der Waals surface area contributed by atoms with E-state index >= 15 is 0 Å². The predicted octanol–water partition coefficient (Wildman–Crippen LogP) is 8.66. The summed E-state index contributed by atoms with van der Waals surface area (Å²) in [6.07, 6.45) is 0. The first-order valence-corrected chi connectivity index (χ1v) is 10.8. The third-order valence-corrected chi connectivity index (χ3v) is 5.81. The van der Waals surface area contributed by atoms with Crippen LogP contribution < -0.4 is 5.32 Å². The molecule has 1 aromatic heterocycles. The molecule has 0 fully saturated rings. The smallest absolute Gasteiger partial charge is 0.135 e. The van der Waals surface area contributed by atoms with Crippen molar-refractivity contribution in [1.29, 1.82) is 0 Å². The van der Waals surface area contributed by atoms with Crippen LogP contribution in [-0.2, 0) is 0 Å². The lowest BCUT2D eigenvalue weighted by atomic mass is 9.98. The van der Waals surface area contributed by atoms with Crippen molar-refractivity contribution >= 4 is 33.3 Å². The van der Waals surface area contributed by atoms with Crippen LogP contribution in [0.3, 0.4) is 0 Å². The van der Waals surface area contributed by atoms with E-state index in [4.69, 9.17) is 4.42 Å². The summed E-state index contributed by atoms with van der Waals surface area (Å²) in [7, 11) is 0. The lowest BCUT2D eigenvalue weighted by Crippen LogP contribution is -1.92. The second kappa shape index (κ2) is 7.75. The van der Waals surface area contributed by atoms with E-state index < -0.39 is 0 Å². The summed E-state index contributed by atoms with van der Waals surface area (Å²) in [5.74, 6) is 0. The summed E-state index contributed by atoms with van der Waals surface area (Å²) in [6, 6.07) is 42.1. The molecule has 0 unspecified atom stereocenters. The third kappa shape index (κ3) is 3.42. The van der Waals surface area contributed by atoms with E-state index in [1.807, 2.05) is 36.4 Å². The molecule has 0 aliphatic heterocycles. The number of para-hydroxylation sites is 1. The van der Waals surface area contributed by atoms with E-state index in [0.717, 1.165) is 33.3 Å². The minimum atomic E-state index is 0.903. The van der Waals surface area contributed by atoms with Crippen LogP contribution >= 0.6 is 0 Å². The van der Waals surface area contributed by atoms with Gasteiger partial charge in [0.15, 0.2) is 0 Å². The Morgan fingerprint density at radius 1 is 0.406 bits per heavy atom. The van der Waals surface area contributed by atoms with Crippen molar-refractivity contribution in [2.45, 2.75) is 0 Å². The zero-order valence-corrected chi connectivity index (χ0v) is 17.5. The van der Waals surface area contributed by atoms with Gasteiger partial charge in [-0.2, -0.15) is 0 Å². The molecule has 6 rings (SSSR count). The molecular formula is C30H21NO. The Morgan fingerprint density at radius 3 is 1.69 bits per heavy atom. The molecule has 0 amide bonds. The molecule has 1 heterocycles. The normalized spacial score (nSPS) is 11.1. The molecule has 152 valence electrons. The SMILES string of the molecule is c1ccc(-c2cc(Nc3ccc4oc5ccccc5c4c3)cc(-c3ccccc3)c2)cc1. The highest BCUT2D eigenvalue weighted by atomic mass is 16.3. The van der Waals surface area contributed by atoms with Gasteiger partial charge in [0, 0.05) is 22.1 Å². The Hall–Kier alpha value is -4.30. The highest BCUT2D eigenvalue weighted by Crippen LogP contribution is 2.34. The van der Waals surface area contributed by atoms with Crippen molar-refractivity contribution in [2.75, 3.05) is 5.32 Å². The van der Waals surface area contributed by atoms with Gasteiger partial charge in [-0.05, 0) is 64.7 Å². The number of nitrogens with one attached hydrogen (secondary N) is 1. The summed E-state index contributed by atoms with van der Waals surface area (Å²) in [5.41, 5.74) is 8.67. The van der Waals surface area contributed by atoms with Crippen LogP contribution in [-0.4, -0.2) is 0 Å². The Bertz CT molecular complexity index is 1470. The van der Waals surface area contributed by atoms with Crippen LogP contribution in [0.2, 0.25) is 0 Å². The summed E-state index contributed by atoms with van der Waals surface area (Å²) in [6.45, 7) is 0. The fourth-order valence-electron chi connectivity index (χ4n) is 4.26. The monoisotopic (exact) mass is 411 g/mol. The van der Waals surface area contributed by atoms with Gasteiger partial charge in [0.1, 0.15) is 11.2 Å². The maximum absolute atomic E-state index is 5.98. The molecule has 32 heavy (non-hydrogen) atoms. The lowest BCUT2D eigenvalue weighted by molar-refractivity contribution is 0.669. The van der Waals surface area contributed by atoms with Gasteiger partial charge in [-0.3, -0.25) is 0 Å². The van der Waals surface area contributed by atoms with Gasteiger partial charge in [-0.15, -0.1) is 0 Å². The molecule has 6 aromatic rings. The zero-order chi connectivity index (χ0) is 21.3. The first-order valence-electron chi connectivity index (χ1n) is 10.8. The van der Waals surface area contributed by atoms with E-state index in [2.05, 4.69) is 90.2 Å². The second-order valence-corrected chi connectivity index (χ2v) is 7.97. The average molecular weight is 412 g/mol. The van der Waals surface area contributed by atoms with Gasteiger partial charge >= 0.3 is 0 Å². The topological polar surface area (TPSA) is 25.2 Å². The first-order chi connectivity index (χ1) is 15.8. The molecule has 0 saturated carbocycles. The number of rotatable bonds is 4. The third-order valence-electron chi connectivity index (χ3n) is 5.81. The van der Waals surface area contributed by atoms with Gasteiger partial charge in [0.25, 0.3) is 0 Å². The molecular weight excluding hydrogens is 390 g/mol. The molecule has 0 atom stereocenters. The van der Waals surface area contributed by atoms with E-state index in [1.54, 1.807) is 0 Å². The minimum absolute atomic E-state index is 0.903. The van der Waals surface area contributed by atoms with Crippen molar-refractivity contribution in [3.05, 3.63) is 121 Å². The number of hydrogen-bond donors (Lipinski definition) is 1. The van der Waals surface area contributed by atoms with Crippen LogP contribution in [0.1, 0.15) is 0 Å². The standard InChI is InChI=1S/C30H21NO/c1-3-9-21(10-4-1)23-17-24(22-11-5-2-6-12-22)19-26(18-23)31-25-15-16-30-28(20-25)27-13-7-8-14-29(27)32-30/h1-20,31H. The van der Waals surface area contributed by atoms with E-state index in [0.29, 0.717) is 0 Å². The largest absolute Gasteiger partial charge is 0.456 e. The van der Waals surface area contributed by atoms with E-state index in [9.17, 15) is 0 Å². The molecule has 0 saturated heterocycles. The number of hydrogen-bond acceptors (Lipinski definition) is 2. The van der Waals surface area contributed by atoms with Gasteiger partial charge in [-0.25, -0.2) is 0 Å². The molecule has 0 spiro atoms. The van der Waals surface area contributed by atoms with E-state index in [-0.39, 0.29) is 0 Å². The highest BCUT2D eigenvalue weighted by molar-refractivity contribution is 6.06. The van der Waals surface area contributed by atoms with Crippen molar-refractivity contribution in [2.24, 2.45) is 0 Å². The number of furan rings is 1. The van der Waals surface area contributed by atoms with Crippen LogP contribution in [0.4, 0.5) is 11.4 Å². The van der Waals surface area contributed by atoms with Gasteiger partial charge in [-0.1, -0.05) is 78.9 Å². The molecule has 0 aliphatic rings. The van der Waals surface area contributed by atoms with Gasteiger partial charge in [0.05, 0.1) is 0 Å². The Labute approximate surface area is 186 Å². The Morgan fingerprint density at radius 2 is 1.00 bits per heavy atom.